The van der Waals surface area contributed by atoms with Crippen molar-refractivity contribution in [1.29, 1.82) is 0 Å². The second-order valence-corrected chi connectivity index (χ2v) is 6.34. The number of rotatable bonds is 9. The van der Waals surface area contributed by atoms with Crippen molar-refractivity contribution in [3.05, 3.63) is 71.5 Å². The van der Waals surface area contributed by atoms with Crippen molar-refractivity contribution in [2.24, 2.45) is 0 Å². The topological polar surface area (TPSA) is 66.4 Å². The minimum absolute atomic E-state index is 0.00881. The standard InChI is InChI=1S/C21H24FNO3/c1-2-19(16-8-10-17(22)11-9-16)21(26)23-18(12-13-20(24)25)14-15-6-4-3-5-7-15/h3-11,18-19H,2,12-14H2,1H3,(H,23,26)(H,24,25). The largest absolute Gasteiger partial charge is 0.481 e. The van der Waals surface area contributed by atoms with Crippen LogP contribution in [0.1, 0.15) is 43.2 Å². The van der Waals surface area contributed by atoms with E-state index in [4.69, 9.17) is 5.11 Å². The van der Waals surface area contributed by atoms with Gasteiger partial charge in [0.2, 0.25) is 5.91 Å². The van der Waals surface area contributed by atoms with Crippen LogP contribution >= 0.6 is 0 Å². The summed E-state index contributed by atoms with van der Waals surface area (Å²) in [6.07, 6.45) is 1.50. The number of hydrogen-bond acceptors (Lipinski definition) is 2. The Morgan fingerprint density at radius 3 is 2.31 bits per heavy atom. The summed E-state index contributed by atoms with van der Waals surface area (Å²) in [5, 5.41) is 12.0. The quantitative estimate of drug-likeness (QED) is 0.715. The SMILES string of the molecule is CCC(C(=O)NC(CCC(=O)O)Cc1ccccc1)c1ccc(F)cc1. The van der Waals surface area contributed by atoms with Crippen LogP contribution in [0.4, 0.5) is 4.39 Å². The molecular formula is C21H24FNO3. The third kappa shape index (κ3) is 5.99. The van der Waals surface area contributed by atoms with E-state index in [0.717, 1.165) is 11.1 Å². The summed E-state index contributed by atoms with van der Waals surface area (Å²) < 4.78 is 13.1. The summed E-state index contributed by atoms with van der Waals surface area (Å²) in [6, 6.07) is 15.3. The summed E-state index contributed by atoms with van der Waals surface area (Å²) in [7, 11) is 0. The van der Waals surface area contributed by atoms with Crippen LogP contribution in [0.25, 0.3) is 0 Å². The summed E-state index contributed by atoms with van der Waals surface area (Å²) in [5.74, 6) is -1.78. The summed E-state index contributed by atoms with van der Waals surface area (Å²) in [4.78, 5) is 23.7. The number of carboxylic acid groups (broad SMARTS) is 1. The molecule has 2 rings (SSSR count). The summed E-state index contributed by atoms with van der Waals surface area (Å²) in [5.41, 5.74) is 1.79. The minimum Gasteiger partial charge on any atom is -0.481 e. The molecule has 0 aliphatic heterocycles. The van der Waals surface area contributed by atoms with Crippen LogP contribution in [0, 0.1) is 5.82 Å². The molecule has 2 aromatic rings. The Morgan fingerprint density at radius 1 is 1.08 bits per heavy atom. The normalized spacial score (nSPS) is 13.0. The molecule has 1 amide bonds. The molecule has 0 fully saturated rings. The second-order valence-electron chi connectivity index (χ2n) is 6.34. The Labute approximate surface area is 153 Å². The fraction of sp³-hybridized carbons (Fsp3) is 0.333. The molecule has 2 atom stereocenters. The van der Waals surface area contributed by atoms with Gasteiger partial charge in [0.1, 0.15) is 5.82 Å². The molecule has 4 nitrogen and oxygen atoms in total. The van der Waals surface area contributed by atoms with Crippen LogP contribution < -0.4 is 5.32 Å². The van der Waals surface area contributed by atoms with Crippen molar-refractivity contribution in [3.8, 4) is 0 Å². The zero-order valence-electron chi connectivity index (χ0n) is 14.8. The molecule has 0 saturated carbocycles. The van der Waals surface area contributed by atoms with Gasteiger partial charge in [0.15, 0.2) is 0 Å². The fourth-order valence-corrected chi connectivity index (χ4v) is 2.99. The molecule has 2 N–H and O–H groups in total. The van der Waals surface area contributed by atoms with E-state index in [1.807, 2.05) is 37.3 Å². The Kier molecular flexibility index (Phi) is 7.33. The molecule has 0 aliphatic rings. The van der Waals surface area contributed by atoms with Crippen LogP contribution in [0.3, 0.4) is 0 Å². The lowest BCUT2D eigenvalue weighted by molar-refractivity contribution is -0.137. The van der Waals surface area contributed by atoms with E-state index in [0.29, 0.717) is 19.3 Å². The number of halogens is 1. The molecule has 0 aromatic heterocycles. The van der Waals surface area contributed by atoms with Gasteiger partial charge in [-0.25, -0.2) is 4.39 Å². The van der Waals surface area contributed by atoms with E-state index in [1.165, 1.54) is 12.1 Å². The number of hydrogen-bond donors (Lipinski definition) is 2. The van der Waals surface area contributed by atoms with E-state index < -0.39 is 11.9 Å². The van der Waals surface area contributed by atoms with Crippen LogP contribution in [-0.2, 0) is 16.0 Å². The van der Waals surface area contributed by atoms with Crippen LogP contribution in [0.2, 0.25) is 0 Å². The van der Waals surface area contributed by atoms with Crippen molar-refractivity contribution >= 4 is 11.9 Å². The first-order chi connectivity index (χ1) is 12.5. The molecule has 2 unspecified atom stereocenters. The molecule has 0 radical (unpaired) electrons. The summed E-state index contributed by atoms with van der Waals surface area (Å²) >= 11 is 0. The second kappa shape index (κ2) is 9.70. The van der Waals surface area contributed by atoms with Gasteiger partial charge in [-0.3, -0.25) is 9.59 Å². The summed E-state index contributed by atoms with van der Waals surface area (Å²) in [6.45, 7) is 1.90. The molecule has 0 spiro atoms. The van der Waals surface area contributed by atoms with Crippen molar-refractivity contribution < 1.29 is 19.1 Å². The van der Waals surface area contributed by atoms with E-state index in [9.17, 15) is 14.0 Å². The highest BCUT2D eigenvalue weighted by molar-refractivity contribution is 5.84. The van der Waals surface area contributed by atoms with Crippen molar-refractivity contribution in [2.75, 3.05) is 0 Å². The van der Waals surface area contributed by atoms with Crippen LogP contribution in [0.5, 0.6) is 0 Å². The molecule has 0 saturated heterocycles. The Hall–Kier alpha value is -2.69. The first-order valence-corrected chi connectivity index (χ1v) is 8.81. The minimum atomic E-state index is -0.886. The Morgan fingerprint density at radius 2 is 1.73 bits per heavy atom. The van der Waals surface area contributed by atoms with Gasteiger partial charge in [0, 0.05) is 12.5 Å². The number of carbonyl (C=O) groups excluding carboxylic acids is 1. The molecule has 0 bridgehead atoms. The molecule has 0 aliphatic carbocycles. The smallest absolute Gasteiger partial charge is 0.303 e. The predicted octanol–water partition coefficient (Wildman–Crippen LogP) is 3.91. The van der Waals surface area contributed by atoms with Crippen molar-refractivity contribution in [1.82, 2.24) is 5.32 Å². The van der Waals surface area contributed by atoms with E-state index in [1.54, 1.807) is 12.1 Å². The Bertz CT molecular complexity index is 716. The van der Waals surface area contributed by atoms with E-state index >= 15 is 0 Å². The number of nitrogens with one attached hydrogen (secondary N) is 1. The number of benzene rings is 2. The fourth-order valence-electron chi connectivity index (χ4n) is 2.99. The first kappa shape index (κ1) is 19.6. The highest BCUT2D eigenvalue weighted by Crippen LogP contribution is 2.21. The number of aliphatic carboxylic acids is 1. The maximum absolute atomic E-state index is 13.1. The maximum atomic E-state index is 13.1. The van der Waals surface area contributed by atoms with Gasteiger partial charge in [-0.2, -0.15) is 0 Å². The lowest BCUT2D eigenvalue weighted by Gasteiger charge is -2.22. The molecule has 5 heteroatoms. The molecule has 0 heterocycles. The molecule has 2 aromatic carbocycles. The average molecular weight is 357 g/mol. The third-order valence-electron chi connectivity index (χ3n) is 4.38. The monoisotopic (exact) mass is 357 g/mol. The van der Waals surface area contributed by atoms with Crippen LogP contribution in [-0.4, -0.2) is 23.0 Å². The van der Waals surface area contributed by atoms with E-state index in [2.05, 4.69) is 5.32 Å². The molecular weight excluding hydrogens is 333 g/mol. The molecule has 138 valence electrons. The average Bonchev–Trinajstić information content (AvgIpc) is 2.62. The van der Waals surface area contributed by atoms with Gasteiger partial charge in [-0.15, -0.1) is 0 Å². The van der Waals surface area contributed by atoms with Crippen molar-refractivity contribution in [3.63, 3.8) is 0 Å². The highest BCUT2D eigenvalue weighted by Gasteiger charge is 2.22. The predicted molar refractivity (Wildman–Crippen MR) is 98.4 cm³/mol. The van der Waals surface area contributed by atoms with Gasteiger partial charge in [-0.1, -0.05) is 49.4 Å². The maximum Gasteiger partial charge on any atom is 0.303 e. The number of amides is 1. The van der Waals surface area contributed by atoms with Gasteiger partial charge in [-0.05, 0) is 42.5 Å². The van der Waals surface area contributed by atoms with Gasteiger partial charge >= 0.3 is 5.97 Å². The Balaban J connectivity index is 2.09. The number of carbonyl (C=O) groups is 2. The first-order valence-electron chi connectivity index (χ1n) is 8.81. The van der Waals surface area contributed by atoms with Crippen molar-refractivity contribution in [2.45, 2.75) is 44.6 Å². The van der Waals surface area contributed by atoms with Gasteiger partial charge in [0.25, 0.3) is 0 Å². The lowest BCUT2D eigenvalue weighted by Crippen LogP contribution is -2.39. The highest BCUT2D eigenvalue weighted by atomic mass is 19.1. The third-order valence-corrected chi connectivity index (χ3v) is 4.38. The van der Waals surface area contributed by atoms with Crippen LogP contribution in [0.15, 0.2) is 54.6 Å². The van der Waals surface area contributed by atoms with E-state index in [-0.39, 0.29) is 24.2 Å². The van der Waals surface area contributed by atoms with Gasteiger partial charge < -0.3 is 10.4 Å². The molecule has 26 heavy (non-hydrogen) atoms. The number of carboxylic acids is 1. The lowest BCUT2D eigenvalue weighted by atomic mass is 9.94. The zero-order chi connectivity index (χ0) is 18.9. The van der Waals surface area contributed by atoms with Gasteiger partial charge in [0.05, 0.1) is 5.92 Å². The zero-order valence-corrected chi connectivity index (χ0v) is 14.8.